The lowest BCUT2D eigenvalue weighted by Gasteiger charge is -2.14. The molecule has 13 heteroatoms. The summed E-state index contributed by atoms with van der Waals surface area (Å²) in [6.07, 6.45) is -2.08. The lowest BCUT2D eigenvalue weighted by Crippen LogP contribution is -2.47. The van der Waals surface area contributed by atoms with Gasteiger partial charge in [-0.15, -0.1) is 0 Å². The topological polar surface area (TPSA) is 194 Å². The van der Waals surface area contributed by atoms with Crippen molar-refractivity contribution in [1.29, 1.82) is 0 Å². The molecule has 2 aromatic heterocycles. The monoisotopic (exact) mass is 347 g/mol. The second kappa shape index (κ2) is 5.76. The highest BCUT2D eigenvalue weighted by atomic mass is 31.2. The lowest BCUT2D eigenvalue weighted by atomic mass is 10.1. The molecule has 1 aliphatic heterocycles. The van der Waals surface area contributed by atoms with Crippen LogP contribution in [-0.2, 0) is 13.8 Å². The molecule has 3 rings (SSSR count). The molecular formula is C10H16N6O6P+. The molecular weight excluding hydrogens is 331 g/mol. The van der Waals surface area contributed by atoms with Gasteiger partial charge < -0.3 is 30.6 Å². The van der Waals surface area contributed by atoms with Crippen molar-refractivity contribution >= 4 is 24.7 Å². The Morgan fingerprint density at radius 3 is 2.87 bits per heavy atom. The van der Waals surface area contributed by atoms with Crippen LogP contribution >= 0.6 is 7.75 Å². The van der Waals surface area contributed by atoms with Gasteiger partial charge in [0.05, 0.1) is 6.61 Å². The summed E-state index contributed by atoms with van der Waals surface area (Å²) >= 11 is 0. The Morgan fingerprint density at radius 1 is 1.43 bits per heavy atom. The van der Waals surface area contributed by atoms with Gasteiger partial charge in [-0.05, 0) is 0 Å². The van der Waals surface area contributed by atoms with Crippen molar-refractivity contribution in [2.45, 2.75) is 24.5 Å². The number of rotatable bonds is 4. The molecule has 0 aliphatic carbocycles. The van der Waals surface area contributed by atoms with Crippen LogP contribution in [0.4, 0.5) is 5.82 Å². The summed E-state index contributed by atoms with van der Waals surface area (Å²) in [5.41, 5.74) is 11.4. The minimum atomic E-state index is -4.22. The van der Waals surface area contributed by atoms with Crippen LogP contribution in [0.5, 0.6) is 0 Å². The number of ether oxygens (including phenoxy) is 1. The van der Waals surface area contributed by atoms with Gasteiger partial charge in [-0.3, -0.25) is 4.52 Å². The van der Waals surface area contributed by atoms with Gasteiger partial charge in [0, 0.05) is 0 Å². The molecule has 3 heterocycles. The number of H-pyrrole nitrogens is 1. The molecule has 126 valence electrons. The average Bonchev–Trinajstić information content (AvgIpc) is 3.06. The van der Waals surface area contributed by atoms with E-state index in [9.17, 15) is 14.8 Å². The van der Waals surface area contributed by atoms with Crippen molar-refractivity contribution in [2.75, 3.05) is 12.3 Å². The van der Waals surface area contributed by atoms with Crippen LogP contribution in [0, 0.1) is 0 Å². The van der Waals surface area contributed by atoms with E-state index in [2.05, 4.69) is 19.5 Å². The van der Waals surface area contributed by atoms with E-state index in [0.717, 1.165) is 0 Å². The maximum atomic E-state index is 11.0. The standard InChI is InChI=1S/C10H15N6O6P/c11-8-5-9(14-2-13-5)16(3-15-8)10-7(18)6(17)4(22-10)1-21-23(12,19)20/h2-4,6-7,10,17-18H,1H2,(H5,11,12,13,14,19,20)/p+1/t4-,6-,7-,10-/m1/s1. The van der Waals surface area contributed by atoms with E-state index >= 15 is 0 Å². The third kappa shape index (κ3) is 3.05. The zero-order valence-corrected chi connectivity index (χ0v) is 12.6. The van der Waals surface area contributed by atoms with Gasteiger partial charge in [0.15, 0.2) is 11.8 Å². The predicted molar refractivity (Wildman–Crippen MR) is 74.4 cm³/mol. The van der Waals surface area contributed by atoms with Gasteiger partial charge in [0.2, 0.25) is 18.4 Å². The molecule has 0 amide bonds. The Bertz CT molecular complexity index is 763. The molecule has 12 nitrogen and oxygen atoms in total. The Morgan fingerprint density at radius 2 is 2.17 bits per heavy atom. The number of hydrogen-bond acceptors (Lipinski definition) is 8. The van der Waals surface area contributed by atoms with Crippen LogP contribution in [0.3, 0.4) is 0 Å². The number of aliphatic hydroxyl groups excluding tert-OH is 2. The van der Waals surface area contributed by atoms with E-state index in [1.807, 2.05) is 0 Å². The van der Waals surface area contributed by atoms with E-state index in [-0.39, 0.29) is 5.82 Å². The molecule has 0 radical (unpaired) electrons. The molecule has 0 bridgehead atoms. The molecule has 0 spiro atoms. The molecule has 1 unspecified atom stereocenters. The smallest absolute Gasteiger partial charge is 0.387 e. The van der Waals surface area contributed by atoms with Crippen LogP contribution in [0.15, 0.2) is 12.7 Å². The second-order valence-corrected chi connectivity index (χ2v) is 6.43. The predicted octanol–water partition coefficient (Wildman–Crippen LogP) is -2.48. The summed E-state index contributed by atoms with van der Waals surface area (Å²) in [6, 6.07) is 0. The molecule has 0 aromatic carbocycles. The number of aliphatic hydroxyl groups is 2. The first-order valence-corrected chi connectivity index (χ1v) is 8.19. The van der Waals surface area contributed by atoms with Gasteiger partial charge in [-0.1, -0.05) is 9.97 Å². The number of aromatic amines is 1. The SMILES string of the molecule is Nc1nc[n+]([C@@H]2O[C@H](COP(N)(=O)O)[C@@H](O)[C@H]2O)c2nc[nH]c12. The molecule has 1 aliphatic rings. The Hall–Kier alpha value is -1.66. The number of nitrogens with one attached hydrogen (secondary N) is 1. The highest BCUT2D eigenvalue weighted by Gasteiger charge is 2.47. The summed E-state index contributed by atoms with van der Waals surface area (Å²) in [4.78, 5) is 19.8. The van der Waals surface area contributed by atoms with Gasteiger partial charge in [0.1, 0.15) is 18.3 Å². The summed E-state index contributed by atoms with van der Waals surface area (Å²) in [5, 5.41) is 20.2. The fourth-order valence-corrected chi connectivity index (χ4v) is 2.74. The molecule has 23 heavy (non-hydrogen) atoms. The fourth-order valence-electron chi connectivity index (χ4n) is 2.38. The number of imidazole rings is 1. The third-order valence-corrected chi connectivity index (χ3v) is 4.00. The maximum absolute atomic E-state index is 11.0. The van der Waals surface area contributed by atoms with Crippen molar-refractivity contribution in [1.82, 2.24) is 15.0 Å². The van der Waals surface area contributed by atoms with E-state index in [0.29, 0.717) is 11.2 Å². The maximum Gasteiger partial charge on any atom is 0.400 e. The van der Waals surface area contributed by atoms with E-state index < -0.39 is 38.9 Å². The van der Waals surface area contributed by atoms with Crippen molar-refractivity contribution in [3.05, 3.63) is 12.7 Å². The van der Waals surface area contributed by atoms with Crippen molar-refractivity contribution in [2.24, 2.45) is 5.50 Å². The van der Waals surface area contributed by atoms with Gasteiger partial charge in [-0.25, -0.2) is 14.6 Å². The van der Waals surface area contributed by atoms with E-state index in [1.165, 1.54) is 17.2 Å². The zero-order valence-electron chi connectivity index (χ0n) is 11.7. The summed E-state index contributed by atoms with van der Waals surface area (Å²) in [7, 11) is -4.22. The first kappa shape index (κ1) is 16.2. The second-order valence-electron chi connectivity index (χ2n) is 5.04. The molecule has 8 N–H and O–H groups in total. The minimum Gasteiger partial charge on any atom is -0.387 e. The Kier molecular flexibility index (Phi) is 4.06. The number of anilines is 1. The number of nitrogens with two attached hydrogens (primary N) is 2. The third-order valence-electron chi connectivity index (χ3n) is 3.48. The lowest BCUT2D eigenvalue weighted by molar-refractivity contribution is -0.747. The van der Waals surface area contributed by atoms with Gasteiger partial charge >= 0.3 is 7.75 Å². The van der Waals surface area contributed by atoms with E-state index in [1.54, 1.807) is 0 Å². The van der Waals surface area contributed by atoms with Crippen LogP contribution in [0.25, 0.3) is 11.2 Å². The molecule has 0 saturated carbocycles. The van der Waals surface area contributed by atoms with E-state index in [4.69, 9.17) is 20.9 Å². The quantitative estimate of drug-likeness (QED) is 0.255. The zero-order chi connectivity index (χ0) is 16.8. The van der Waals surface area contributed by atoms with Crippen LogP contribution in [0.1, 0.15) is 6.23 Å². The minimum absolute atomic E-state index is 0.214. The highest BCUT2D eigenvalue weighted by molar-refractivity contribution is 7.50. The summed E-state index contributed by atoms with van der Waals surface area (Å²) < 4.78 is 22.4. The normalized spacial score (nSPS) is 30.6. The van der Waals surface area contributed by atoms with Gasteiger partial charge in [-0.2, -0.15) is 0 Å². The number of fused-ring (bicyclic) bond motifs is 1. The van der Waals surface area contributed by atoms with Crippen LogP contribution < -0.4 is 15.8 Å². The molecule has 5 atom stereocenters. The largest absolute Gasteiger partial charge is 0.400 e. The van der Waals surface area contributed by atoms with Gasteiger partial charge in [0.25, 0.3) is 5.65 Å². The number of aromatic nitrogens is 4. The Labute approximate surface area is 129 Å². The first-order chi connectivity index (χ1) is 10.8. The number of nitrogen functional groups attached to an aromatic ring is 1. The van der Waals surface area contributed by atoms with Crippen molar-refractivity contribution < 1.29 is 33.5 Å². The van der Waals surface area contributed by atoms with Crippen LogP contribution in [-0.4, -0.2) is 55.0 Å². The summed E-state index contributed by atoms with van der Waals surface area (Å²) in [6.45, 7) is -0.467. The molecule has 2 aromatic rings. The fraction of sp³-hybridized carbons (Fsp3) is 0.500. The number of hydrogen-bond donors (Lipinski definition) is 6. The molecule has 1 fully saturated rings. The van der Waals surface area contributed by atoms with Crippen LogP contribution in [0.2, 0.25) is 0 Å². The first-order valence-electron chi connectivity index (χ1n) is 6.54. The highest BCUT2D eigenvalue weighted by Crippen LogP contribution is 2.34. The number of nitrogens with zero attached hydrogens (tertiary/aromatic N) is 3. The van der Waals surface area contributed by atoms with Crippen molar-refractivity contribution in [3.63, 3.8) is 0 Å². The van der Waals surface area contributed by atoms with Crippen molar-refractivity contribution in [3.8, 4) is 0 Å². The average molecular weight is 347 g/mol. The Balaban J connectivity index is 1.87. The summed E-state index contributed by atoms with van der Waals surface area (Å²) in [5.74, 6) is 0.214. The molecule has 1 saturated heterocycles.